The Labute approximate surface area is 200 Å². The van der Waals surface area contributed by atoms with Gasteiger partial charge in [0, 0.05) is 18.4 Å². The average molecular weight is 462 g/mol. The first-order valence-electron chi connectivity index (χ1n) is 11.2. The minimum absolute atomic E-state index is 0.122. The molecule has 0 aliphatic heterocycles. The maximum absolute atomic E-state index is 12.8. The van der Waals surface area contributed by atoms with Crippen molar-refractivity contribution in [2.45, 2.75) is 38.9 Å². The molecule has 1 heterocycles. The van der Waals surface area contributed by atoms with Crippen molar-refractivity contribution in [1.29, 1.82) is 0 Å². The second kappa shape index (κ2) is 11.4. The van der Waals surface area contributed by atoms with E-state index < -0.39 is 17.8 Å². The van der Waals surface area contributed by atoms with Crippen LogP contribution in [-0.2, 0) is 11.2 Å². The Morgan fingerprint density at radius 3 is 2.29 bits per heavy atom. The lowest BCUT2D eigenvalue weighted by Crippen LogP contribution is -2.40. The number of aromatic nitrogens is 1. The van der Waals surface area contributed by atoms with Crippen molar-refractivity contribution in [3.05, 3.63) is 95.8 Å². The van der Waals surface area contributed by atoms with Crippen LogP contribution in [0.25, 0.3) is 0 Å². The van der Waals surface area contributed by atoms with Crippen molar-refractivity contribution in [2.24, 2.45) is 0 Å². The van der Waals surface area contributed by atoms with E-state index in [1.807, 2.05) is 75.4 Å². The number of carbonyl (C=O) groups is 2. The topological polar surface area (TPSA) is 91.8 Å². The van der Waals surface area contributed by atoms with Gasteiger partial charge in [0.05, 0.1) is 12.6 Å². The quantitative estimate of drug-likeness (QED) is 0.500. The van der Waals surface area contributed by atoms with Crippen molar-refractivity contribution in [1.82, 2.24) is 9.88 Å². The standard InChI is InChI=1S/C27H31N3O4/c1-27(2,3)34-26(33)30(19-24(31)21-9-5-4-6-10-21)18-16-20-12-14-22(15-13-20)29-25(32)23-11-7-8-17-28-23/h4-15,17,24,31H,16,18-19H2,1-3H3,(H,29,32)/t24-/m0/s1. The molecule has 3 aromatic rings. The van der Waals surface area contributed by atoms with Gasteiger partial charge in [-0.2, -0.15) is 0 Å². The molecule has 178 valence electrons. The molecule has 0 fully saturated rings. The molecule has 3 rings (SSSR count). The molecular formula is C27H31N3O4. The van der Waals surface area contributed by atoms with Crippen molar-refractivity contribution < 1.29 is 19.4 Å². The van der Waals surface area contributed by atoms with Crippen LogP contribution in [0.5, 0.6) is 0 Å². The van der Waals surface area contributed by atoms with Gasteiger partial charge in [0.25, 0.3) is 5.91 Å². The highest BCUT2D eigenvalue weighted by Gasteiger charge is 2.24. The Morgan fingerprint density at radius 1 is 1.00 bits per heavy atom. The minimum Gasteiger partial charge on any atom is -0.444 e. The summed E-state index contributed by atoms with van der Waals surface area (Å²) in [5.41, 5.74) is 2.09. The minimum atomic E-state index is -0.821. The largest absolute Gasteiger partial charge is 0.444 e. The highest BCUT2D eigenvalue weighted by molar-refractivity contribution is 6.02. The molecule has 0 unspecified atom stereocenters. The molecule has 0 aliphatic rings. The molecular weight excluding hydrogens is 430 g/mol. The Bertz CT molecular complexity index is 1060. The monoisotopic (exact) mass is 461 g/mol. The third-order valence-electron chi connectivity index (χ3n) is 5.01. The summed E-state index contributed by atoms with van der Waals surface area (Å²) in [4.78, 5) is 30.6. The molecule has 0 aliphatic carbocycles. The molecule has 7 nitrogen and oxygen atoms in total. The predicted molar refractivity (Wildman–Crippen MR) is 132 cm³/mol. The molecule has 2 aromatic carbocycles. The van der Waals surface area contributed by atoms with Gasteiger partial charge in [-0.25, -0.2) is 4.79 Å². The Kier molecular flexibility index (Phi) is 8.38. The molecule has 0 saturated heterocycles. The van der Waals surface area contributed by atoms with Gasteiger partial charge in [-0.15, -0.1) is 0 Å². The van der Waals surface area contributed by atoms with Crippen LogP contribution in [0.15, 0.2) is 79.0 Å². The molecule has 0 saturated carbocycles. The van der Waals surface area contributed by atoms with E-state index in [0.29, 0.717) is 24.3 Å². The van der Waals surface area contributed by atoms with Crippen LogP contribution in [0.3, 0.4) is 0 Å². The Morgan fingerprint density at radius 2 is 1.68 bits per heavy atom. The zero-order valence-electron chi connectivity index (χ0n) is 19.8. The second-order valence-corrected chi connectivity index (χ2v) is 8.97. The van der Waals surface area contributed by atoms with E-state index in [1.165, 1.54) is 4.90 Å². The highest BCUT2D eigenvalue weighted by Crippen LogP contribution is 2.18. The third kappa shape index (κ3) is 7.71. The summed E-state index contributed by atoms with van der Waals surface area (Å²) in [6, 6.07) is 21.8. The average Bonchev–Trinajstić information content (AvgIpc) is 2.82. The van der Waals surface area contributed by atoms with E-state index in [9.17, 15) is 14.7 Å². The number of carbonyl (C=O) groups excluding carboxylic acids is 2. The van der Waals surface area contributed by atoms with E-state index in [2.05, 4.69) is 10.3 Å². The SMILES string of the molecule is CC(C)(C)OC(=O)N(CCc1ccc(NC(=O)c2ccccn2)cc1)C[C@H](O)c1ccccc1. The van der Waals surface area contributed by atoms with Gasteiger partial charge in [0.2, 0.25) is 0 Å². The van der Waals surface area contributed by atoms with Gasteiger partial charge in [0.1, 0.15) is 11.3 Å². The highest BCUT2D eigenvalue weighted by atomic mass is 16.6. The first kappa shape index (κ1) is 24.9. The van der Waals surface area contributed by atoms with Gasteiger partial charge in [-0.3, -0.25) is 9.78 Å². The summed E-state index contributed by atoms with van der Waals surface area (Å²) >= 11 is 0. The van der Waals surface area contributed by atoms with E-state index in [4.69, 9.17) is 4.74 Å². The summed E-state index contributed by atoms with van der Waals surface area (Å²) in [5.74, 6) is -0.278. The number of rotatable bonds is 8. The van der Waals surface area contributed by atoms with Gasteiger partial charge in [-0.05, 0) is 62.6 Å². The molecule has 7 heteroatoms. The lowest BCUT2D eigenvalue weighted by molar-refractivity contribution is 0.0147. The van der Waals surface area contributed by atoms with Crippen LogP contribution in [0, 0.1) is 0 Å². The predicted octanol–water partition coefficient (Wildman–Crippen LogP) is 4.85. The first-order chi connectivity index (χ1) is 16.2. The van der Waals surface area contributed by atoms with Gasteiger partial charge < -0.3 is 20.1 Å². The number of hydrogen-bond donors (Lipinski definition) is 2. The zero-order valence-corrected chi connectivity index (χ0v) is 19.8. The lowest BCUT2D eigenvalue weighted by Gasteiger charge is -2.29. The van der Waals surface area contributed by atoms with Gasteiger partial charge in [-0.1, -0.05) is 48.5 Å². The fourth-order valence-corrected chi connectivity index (χ4v) is 3.28. The lowest BCUT2D eigenvalue weighted by atomic mass is 10.1. The van der Waals surface area contributed by atoms with E-state index in [-0.39, 0.29) is 12.5 Å². The number of nitrogens with one attached hydrogen (secondary N) is 1. The van der Waals surface area contributed by atoms with Crippen LogP contribution in [0.4, 0.5) is 10.5 Å². The van der Waals surface area contributed by atoms with Crippen LogP contribution in [0.2, 0.25) is 0 Å². The van der Waals surface area contributed by atoms with Gasteiger partial charge >= 0.3 is 6.09 Å². The normalized spacial score (nSPS) is 12.0. The molecule has 0 spiro atoms. The van der Waals surface area contributed by atoms with Crippen molar-refractivity contribution in [3.8, 4) is 0 Å². The van der Waals surface area contributed by atoms with Crippen LogP contribution < -0.4 is 5.32 Å². The Balaban J connectivity index is 1.63. The molecule has 2 N–H and O–H groups in total. The number of pyridine rings is 1. The number of aliphatic hydroxyl groups excluding tert-OH is 1. The number of hydrogen-bond acceptors (Lipinski definition) is 5. The number of aliphatic hydroxyl groups is 1. The number of amides is 2. The number of ether oxygens (including phenoxy) is 1. The smallest absolute Gasteiger partial charge is 0.410 e. The number of nitrogens with zero attached hydrogens (tertiary/aromatic N) is 2. The number of benzene rings is 2. The fourth-order valence-electron chi connectivity index (χ4n) is 3.28. The summed E-state index contributed by atoms with van der Waals surface area (Å²) < 4.78 is 5.55. The van der Waals surface area contributed by atoms with E-state index in [0.717, 1.165) is 11.1 Å². The van der Waals surface area contributed by atoms with Crippen LogP contribution in [0.1, 0.15) is 48.5 Å². The Hall–Kier alpha value is -3.71. The van der Waals surface area contributed by atoms with E-state index >= 15 is 0 Å². The molecule has 1 atom stereocenters. The maximum Gasteiger partial charge on any atom is 0.410 e. The van der Waals surface area contributed by atoms with Crippen LogP contribution in [-0.4, -0.2) is 45.7 Å². The first-order valence-corrected chi connectivity index (χ1v) is 11.2. The van der Waals surface area contributed by atoms with Crippen molar-refractivity contribution in [2.75, 3.05) is 18.4 Å². The third-order valence-corrected chi connectivity index (χ3v) is 5.01. The number of anilines is 1. The maximum atomic E-state index is 12.8. The van der Waals surface area contributed by atoms with Crippen molar-refractivity contribution >= 4 is 17.7 Å². The van der Waals surface area contributed by atoms with Crippen molar-refractivity contribution in [3.63, 3.8) is 0 Å². The summed E-state index contributed by atoms with van der Waals surface area (Å²) in [6.07, 6.45) is 0.845. The summed E-state index contributed by atoms with van der Waals surface area (Å²) in [7, 11) is 0. The second-order valence-electron chi connectivity index (χ2n) is 8.97. The fraction of sp³-hybridized carbons (Fsp3) is 0.296. The summed E-state index contributed by atoms with van der Waals surface area (Å²) in [6.45, 7) is 5.94. The molecule has 1 aromatic heterocycles. The zero-order chi connectivity index (χ0) is 24.6. The van der Waals surface area contributed by atoms with Gasteiger partial charge in [0.15, 0.2) is 0 Å². The molecule has 2 amide bonds. The summed E-state index contributed by atoms with van der Waals surface area (Å²) in [5, 5.41) is 13.5. The molecule has 34 heavy (non-hydrogen) atoms. The molecule has 0 bridgehead atoms. The van der Waals surface area contributed by atoms with Crippen LogP contribution >= 0.6 is 0 Å². The molecule has 0 radical (unpaired) electrons. The van der Waals surface area contributed by atoms with E-state index in [1.54, 1.807) is 24.4 Å².